The van der Waals surface area contributed by atoms with Crippen LogP contribution in [-0.2, 0) is 0 Å². The molecule has 2 fully saturated rings. The zero-order chi connectivity index (χ0) is 13.4. The summed E-state index contributed by atoms with van der Waals surface area (Å²) in [6.07, 6.45) is 1.04. The van der Waals surface area contributed by atoms with Gasteiger partial charge in [-0.3, -0.25) is 4.79 Å². The molecular weight excluding hydrogens is 260 g/mol. The van der Waals surface area contributed by atoms with Crippen molar-refractivity contribution >= 4 is 17.2 Å². The predicted octanol–water partition coefficient (Wildman–Crippen LogP) is 1.83. The third kappa shape index (κ3) is 2.15. The van der Waals surface area contributed by atoms with E-state index in [0.29, 0.717) is 17.9 Å². The van der Waals surface area contributed by atoms with Crippen LogP contribution >= 0.6 is 11.3 Å². The summed E-state index contributed by atoms with van der Waals surface area (Å²) in [6.45, 7) is 5.19. The number of fused-ring (bicyclic) bond motifs is 1. The number of methoxy groups -OCH3 is 1. The van der Waals surface area contributed by atoms with Gasteiger partial charge < -0.3 is 15.0 Å². The number of carbonyl (C=O) groups excluding carboxylic acids is 1. The normalized spacial score (nSPS) is 29.6. The maximum absolute atomic E-state index is 12.6. The number of ether oxygens (including phenoxy) is 1. The van der Waals surface area contributed by atoms with E-state index in [4.69, 9.17) is 4.74 Å². The van der Waals surface area contributed by atoms with Gasteiger partial charge in [0.05, 0.1) is 12.0 Å². The standard InChI is InChI=1S/C14H20N2O2S/c1-3-12-11-6-15-5-9(11)7-16(12)14(17)13-4-10(18-2)8-19-13/h4,8-9,11-12,15H,3,5-7H2,1-2H3. The Hall–Kier alpha value is -1.07. The molecule has 1 N–H and O–H groups in total. The summed E-state index contributed by atoms with van der Waals surface area (Å²) >= 11 is 1.48. The largest absolute Gasteiger partial charge is 0.496 e. The Morgan fingerprint density at radius 3 is 3.11 bits per heavy atom. The lowest BCUT2D eigenvalue weighted by atomic mass is 9.93. The summed E-state index contributed by atoms with van der Waals surface area (Å²) in [4.78, 5) is 15.5. The van der Waals surface area contributed by atoms with Gasteiger partial charge >= 0.3 is 0 Å². The van der Waals surface area contributed by atoms with Gasteiger partial charge in [-0.15, -0.1) is 11.3 Å². The van der Waals surface area contributed by atoms with E-state index in [2.05, 4.69) is 17.1 Å². The minimum atomic E-state index is 0.176. The van der Waals surface area contributed by atoms with Gasteiger partial charge in [-0.25, -0.2) is 0 Å². The second-order valence-electron chi connectivity index (χ2n) is 5.37. The molecule has 0 spiro atoms. The summed E-state index contributed by atoms with van der Waals surface area (Å²) < 4.78 is 5.17. The number of likely N-dealkylation sites (tertiary alicyclic amines) is 1. The molecule has 1 amide bonds. The van der Waals surface area contributed by atoms with Crippen LogP contribution in [0.5, 0.6) is 5.75 Å². The number of hydrogen-bond acceptors (Lipinski definition) is 4. The molecule has 0 aliphatic carbocycles. The molecule has 1 aromatic rings. The molecule has 3 atom stereocenters. The van der Waals surface area contributed by atoms with E-state index in [-0.39, 0.29) is 5.91 Å². The lowest BCUT2D eigenvalue weighted by Gasteiger charge is -2.26. The van der Waals surface area contributed by atoms with Crippen LogP contribution in [0.1, 0.15) is 23.0 Å². The molecule has 19 heavy (non-hydrogen) atoms. The summed E-state index contributed by atoms with van der Waals surface area (Å²) in [7, 11) is 1.64. The van der Waals surface area contributed by atoms with Crippen LogP contribution < -0.4 is 10.1 Å². The smallest absolute Gasteiger partial charge is 0.264 e. The van der Waals surface area contributed by atoms with Crippen molar-refractivity contribution in [1.29, 1.82) is 0 Å². The first kappa shape index (κ1) is 12.9. The Balaban J connectivity index is 1.79. The summed E-state index contributed by atoms with van der Waals surface area (Å²) in [5.41, 5.74) is 0. The van der Waals surface area contributed by atoms with Crippen LogP contribution in [-0.4, -0.2) is 43.6 Å². The van der Waals surface area contributed by atoms with E-state index in [1.807, 2.05) is 11.4 Å². The SMILES string of the molecule is CCC1C2CNCC2CN1C(=O)c1cc(OC)cs1. The molecule has 0 bridgehead atoms. The number of thiophene rings is 1. The van der Waals surface area contributed by atoms with E-state index in [1.54, 1.807) is 7.11 Å². The number of amides is 1. The Labute approximate surface area is 117 Å². The Bertz CT molecular complexity index is 474. The molecule has 2 aliphatic heterocycles. The molecule has 0 aromatic carbocycles. The molecule has 5 heteroatoms. The van der Waals surface area contributed by atoms with Crippen molar-refractivity contribution in [2.45, 2.75) is 19.4 Å². The molecule has 2 saturated heterocycles. The van der Waals surface area contributed by atoms with Gasteiger partial charge in [0, 0.05) is 37.1 Å². The molecule has 0 radical (unpaired) electrons. The predicted molar refractivity (Wildman–Crippen MR) is 75.8 cm³/mol. The zero-order valence-corrected chi connectivity index (χ0v) is 12.2. The fourth-order valence-corrected chi connectivity index (χ4v) is 4.27. The highest BCUT2D eigenvalue weighted by molar-refractivity contribution is 7.12. The van der Waals surface area contributed by atoms with Crippen LogP contribution in [0.3, 0.4) is 0 Å². The van der Waals surface area contributed by atoms with Crippen LogP contribution in [0, 0.1) is 11.8 Å². The second kappa shape index (κ2) is 5.13. The minimum Gasteiger partial charge on any atom is -0.496 e. The quantitative estimate of drug-likeness (QED) is 0.918. The average Bonchev–Trinajstić information content (AvgIpc) is 3.12. The van der Waals surface area contributed by atoms with Gasteiger partial charge in [0.1, 0.15) is 5.75 Å². The Morgan fingerprint density at radius 1 is 1.58 bits per heavy atom. The van der Waals surface area contributed by atoms with Gasteiger partial charge in [-0.05, 0) is 18.3 Å². The number of carbonyl (C=O) groups is 1. The first-order chi connectivity index (χ1) is 9.24. The monoisotopic (exact) mass is 280 g/mol. The van der Waals surface area contributed by atoms with Gasteiger partial charge in [-0.2, -0.15) is 0 Å². The minimum absolute atomic E-state index is 0.176. The third-order valence-electron chi connectivity index (χ3n) is 4.42. The lowest BCUT2D eigenvalue weighted by molar-refractivity contribution is 0.0716. The molecule has 4 nitrogen and oxygen atoms in total. The third-order valence-corrected chi connectivity index (χ3v) is 5.32. The van der Waals surface area contributed by atoms with Crippen molar-refractivity contribution < 1.29 is 9.53 Å². The lowest BCUT2D eigenvalue weighted by Crippen LogP contribution is -2.39. The van der Waals surface area contributed by atoms with Gasteiger partial charge in [0.2, 0.25) is 0 Å². The fourth-order valence-electron chi connectivity index (χ4n) is 3.46. The summed E-state index contributed by atoms with van der Waals surface area (Å²) in [5, 5.41) is 5.34. The number of hydrogen-bond donors (Lipinski definition) is 1. The first-order valence-electron chi connectivity index (χ1n) is 6.88. The van der Waals surface area contributed by atoms with E-state index < -0.39 is 0 Å². The van der Waals surface area contributed by atoms with Gasteiger partial charge in [-0.1, -0.05) is 6.92 Å². The molecule has 0 saturated carbocycles. The number of nitrogens with zero attached hydrogens (tertiary/aromatic N) is 1. The Kier molecular flexibility index (Phi) is 3.50. The maximum Gasteiger partial charge on any atom is 0.264 e. The molecule has 1 aromatic heterocycles. The highest BCUT2D eigenvalue weighted by atomic mass is 32.1. The van der Waals surface area contributed by atoms with E-state index in [1.165, 1.54) is 11.3 Å². The molecular formula is C14H20N2O2S. The van der Waals surface area contributed by atoms with Crippen molar-refractivity contribution in [1.82, 2.24) is 10.2 Å². The van der Waals surface area contributed by atoms with Crippen molar-refractivity contribution in [3.8, 4) is 5.75 Å². The number of nitrogens with one attached hydrogen (secondary N) is 1. The maximum atomic E-state index is 12.6. The van der Waals surface area contributed by atoms with Gasteiger partial charge in [0.15, 0.2) is 0 Å². The zero-order valence-electron chi connectivity index (χ0n) is 11.4. The number of rotatable bonds is 3. The summed E-state index contributed by atoms with van der Waals surface area (Å²) in [6, 6.07) is 2.24. The highest BCUT2D eigenvalue weighted by Gasteiger charge is 2.45. The van der Waals surface area contributed by atoms with Crippen molar-refractivity contribution in [2.24, 2.45) is 11.8 Å². The van der Waals surface area contributed by atoms with Crippen LogP contribution in [0.25, 0.3) is 0 Å². The van der Waals surface area contributed by atoms with Crippen molar-refractivity contribution in [2.75, 3.05) is 26.7 Å². The topological polar surface area (TPSA) is 41.6 Å². The van der Waals surface area contributed by atoms with Crippen LogP contribution in [0.15, 0.2) is 11.4 Å². The fraction of sp³-hybridized carbons (Fsp3) is 0.643. The van der Waals surface area contributed by atoms with E-state index in [9.17, 15) is 4.79 Å². The molecule has 3 unspecified atom stereocenters. The van der Waals surface area contributed by atoms with E-state index >= 15 is 0 Å². The van der Waals surface area contributed by atoms with Gasteiger partial charge in [0.25, 0.3) is 5.91 Å². The average molecular weight is 280 g/mol. The van der Waals surface area contributed by atoms with E-state index in [0.717, 1.165) is 36.7 Å². The molecule has 2 aliphatic rings. The second-order valence-corrected chi connectivity index (χ2v) is 6.28. The molecule has 3 rings (SSSR count). The van der Waals surface area contributed by atoms with Crippen molar-refractivity contribution in [3.63, 3.8) is 0 Å². The van der Waals surface area contributed by atoms with Crippen LogP contribution in [0.2, 0.25) is 0 Å². The highest BCUT2D eigenvalue weighted by Crippen LogP contribution is 2.36. The molecule has 3 heterocycles. The Morgan fingerprint density at radius 2 is 2.42 bits per heavy atom. The summed E-state index contributed by atoms with van der Waals surface area (Å²) in [5.74, 6) is 2.23. The molecule has 104 valence electrons. The van der Waals surface area contributed by atoms with Crippen molar-refractivity contribution in [3.05, 3.63) is 16.3 Å². The van der Waals surface area contributed by atoms with Crippen LogP contribution in [0.4, 0.5) is 0 Å². The first-order valence-corrected chi connectivity index (χ1v) is 7.76.